The third-order valence-electron chi connectivity index (χ3n) is 2.32. The average molecular weight is 221 g/mol. The highest BCUT2D eigenvalue weighted by Crippen LogP contribution is 2.13. The summed E-state index contributed by atoms with van der Waals surface area (Å²) >= 11 is 6.07. The van der Waals surface area contributed by atoms with Crippen LogP contribution >= 0.6 is 11.6 Å². The van der Waals surface area contributed by atoms with Crippen LogP contribution in [0.2, 0.25) is 5.15 Å². The minimum absolute atomic E-state index is 0.704. The first-order valence-corrected chi connectivity index (χ1v) is 5.43. The molecule has 0 radical (unpaired) electrons. The Morgan fingerprint density at radius 3 is 2.60 bits per heavy atom. The van der Waals surface area contributed by atoms with E-state index in [1.807, 2.05) is 28.9 Å². The fourth-order valence-electron chi connectivity index (χ4n) is 1.48. The molecule has 0 aliphatic heterocycles. The Kier molecular flexibility index (Phi) is 3.07. The Labute approximate surface area is 94.5 Å². The SMILES string of the molecule is CCc1cc(Cl)n(Cc2ccccc2)n1. The number of aryl methyl sites for hydroxylation is 1. The van der Waals surface area contributed by atoms with Crippen molar-refractivity contribution < 1.29 is 0 Å². The summed E-state index contributed by atoms with van der Waals surface area (Å²) in [6.45, 7) is 2.81. The molecule has 0 spiro atoms. The Hall–Kier alpha value is -1.28. The van der Waals surface area contributed by atoms with Crippen LogP contribution in [-0.4, -0.2) is 9.78 Å². The molecule has 0 saturated carbocycles. The zero-order valence-corrected chi connectivity index (χ0v) is 9.41. The van der Waals surface area contributed by atoms with Gasteiger partial charge in [-0.2, -0.15) is 5.10 Å². The molecule has 0 fully saturated rings. The van der Waals surface area contributed by atoms with E-state index in [9.17, 15) is 0 Å². The summed E-state index contributed by atoms with van der Waals surface area (Å²) in [6, 6.07) is 12.1. The maximum Gasteiger partial charge on any atom is 0.127 e. The second-order valence-electron chi connectivity index (χ2n) is 3.46. The van der Waals surface area contributed by atoms with E-state index in [1.54, 1.807) is 0 Å². The topological polar surface area (TPSA) is 17.8 Å². The first-order chi connectivity index (χ1) is 7.29. The molecule has 0 aliphatic carbocycles. The number of hydrogen-bond acceptors (Lipinski definition) is 1. The molecule has 3 heteroatoms. The van der Waals surface area contributed by atoms with E-state index in [1.165, 1.54) is 5.56 Å². The Balaban J connectivity index is 2.21. The van der Waals surface area contributed by atoms with E-state index in [2.05, 4.69) is 24.2 Å². The summed E-state index contributed by atoms with van der Waals surface area (Å²) in [7, 11) is 0. The number of rotatable bonds is 3. The normalized spacial score (nSPS) is 10.5. The molecule has 1 heterocycles. The van der Waals surface area contributed by atoms with Crippen molar-refractivity contribution in [3.8, 4) is 0 Å². The molecule has 2 rings (SSSR count). The molecule has 0 saturated heterocycles. The van der Waals surface area contributed by atoms with Crippen molar-refractivity contribution in [3.63, 3.8) is 0 Å². The first-order valence-electron chi connectivity index (χ1n) is 5.05. The van der Waals surface area contributed by atoms with Gasteiger partial charge in [0.2, 0.25) is 0 Å². The minimum Gasteiger partial charge on any atom is -0.249 e. The lowest BCUT2D eigenvalue weighted by Crippen LogP contribution is -2.02. The summed E-state index contributed by atoms with van der Waals surface area (Å²) in [4.78, 5) is 0. The van der Waals surface area contributed by atoms with Crippen molar-refractivity contribution in [2.24, 2.45) is 0 Å². The van der Waals surface area contributed by atoms with Crippen molar-refractivity contribution >= 4 is 11.6 Å². The summed E-state index contributed by atoms with van der Waals surface area (Å²) in [6.07, 6.45) is 0.918. The van der Waals surface area contributed by atoms with Crippen molar-refractivity contribution in [1.82, 2.24) is 9.78 Å². The van der Waals surface area contributed by atoms with E-state index < -0.39 is 0 Å². The van der Waals surface area contributed by atoms with E-state index in [0.717, 1.165) is 18.7 Å². The number of aromatic nitrogens is 2. The van der Waals surface area contributed by atoms with Crippen LogP contribution in [0.3, 0.4) is 0 Å². The summed E-state index contributed by atoms with van der Waals surface area (Å²) in [5.41, 5.74) is 2.25. The first kappa shape index (κ1) is 10.2. The molecular formula is C12H13ClN2. The number of nitrogens with zero attached hydrogens (tertiary/aromatic N) is 2. The highest BCUT2D eigenvalue weighted by Gasteiger charge is 2.04. The number of halogens is 1. The van der Waals surface area contributed by atoms with E-state index >= 15 is 0 Å². The lowest BCUT2D eigenvalue weighted by Gasteiger charge is -2.02. The van der Waals surface area contributed by atoms with Crippen LogP contribution in [0.15, 0.2) is 36.4 Å². The van der Waals surface area contributed by atoms with Gasteiger partial charge in [-0.05, 0) is 18.1 Å². The largest absolute Gasteiger partial charge is 0.249 e. The van der Waals surface area contributed by atoms with Crippen LogP contribution in [0.25, 0.3) is 0 Å². The van der Waals surface area contributed by atoms with Crippen LogP contribution in [0, 0.1) is 0 Å². The van der Waals surface area contributed by atoms with Gasteiger partial charge in [-0.3, -0.25) is 0 Å². The van der Waals surface area contributed by atoms with Crippen molar-refractivity contribution in [2.45, 2.75) is 19.9 Å². The maximum absolute atomic E-state index is 6.07. The van der Waals surface area contributed by atoms with E-state index in [0.29, 0.717) is 5.15 Å². The number of benzene rings is 1. The average Bonchev–Trinajstić information content (AvgIpc) is 2.61. The summed E-state index contributed by atoms with van der Waals surface area (Å²) < 4.78 is 1.83. The second-order valence-corrected chi connectivity index (χ2v) is 3.84. The fraction of sp³-hybridized carbons (Fsp3) is 0.250. The Morgan fingerprint density at radius 1 is 1.27 bits per heavy atom. The van der Waals surface area contributed by atoms with Gasteiger partial charge in [-0.1, -0.05) is 48.9 Å². The molecule has 0 N–H and O–H groups in total. The van der Waals surface area contributed by atoms with E-state index in [4.69, 9.17) is 11.6 Å². The fourth-order valence-corrected chi connectivity index (χ4v) is 1.71. The van der Waals surface area contributed by atoms with Crippen LogP contribution < -0.4 is 0 Å². The van der Waals surface area contributed by atoms with Gasteiger partial charge < -0.3 is 0 Å². The summed E-state index contributed by atoms with van der Waals surface area (Å²) in [5.74, 6) is 0. The van der Waals surface area contributed by atoms with Crippen LogP contribution in [-0.2, 0) is 13.0 Å². The maximum atomic E-state index is 6.07. The Bertz CT molecular complexity index is 434. The van der Waals surface area contributed by atoms with Gasteiger partial charge >= 0.3 is 0 Å². The zero-order valence-electron chi connectivity index (χ0n) is 8.65. The molecule has 15 heavy (non-hydrogen) atoms. The molecule has 0 bridgehead atoms. The molecular weight excluding hydrogens is 208 g/mol. The third kappa shape index (κ3) is 2.39. The number of hydrogen-bond donors (Lipinski definition) is 0. The molecule has 0 atom stereocenters. The van der Waals surface area contributed by atoms with Gasteiger partial charge in [0.25, 0.3) is 0 Å². The lowest BCUT2D eigenvalue weighted by atomic mass is 10.2. The molecule has 78 valence electrons. The lowest BCUT2D eigenvalue weighted by molar-refractivity contribution is 0.674. The van der Waals surface area contributed by atoms with Crippen LogP contribution in [0.4, 0.5) is 0 Å². The zero-order chi connectivity index (χ0) is 10.7. The molecule has 1 aromatic heterocycles. The van der Waals surface area contributed by atoms with Crippen LogP contribution in [0.1, 0.15) is 18.2 Å². The molecule has 0 aliphatic rings. The highest BCUT2D eigenvalue weighted by atomic mass is 35.5. The third-order valence-corrected chi connectivity index (χ3v) is 2.62. The molecule has 0 amide bonds. The van der Waals surface area contributed by atoms with Gasteiger partial charge in [0, 0.05) is 0 Å². The van der Waals surface area contributed by atoms with Gasteiger partial charge in [-0.25, -0.2) is 4.68 Å². The van der Waals surface area contributed by atoms with Crippen molar-refractivity contribution in [1.29, 1.82) is 0 Å². The van der Waals surface area contributed by atoms with Gasteiger partial charge in [-0.15, -0.1) is 0 Å². The molecule has 2 aromatic rings. The van der Waals surface area contributed by atoms with Crippen molar-refractivity contribution in [3.05, 3.63) is 52.8 Å². The summed E-state index contributed by atoms with van der Waals surface area (Å²) in [5, 5.41) is 5.11. The smallest absolute Gasteiger partial charge is 0.127 e. The van der Waals surface area contributed by atoms with Gasteiger partial charge in [0.15, 0.2) is 0 Å². The van der Waals surface area contributed by atoms with Crippen LogP contribution in [0.5, 0.6) is 0 Å². The van der Waals surface area contributed by atoms with Crippen molar-refractivity contribution in [2.75, 3.05) is 0 Å². The molecule has 1 aromatic carbocycles. The minimum atomic E-state index is 0.704. The quantitative estimate of drug-likeness (QED) is 0.777. The predicted octanol–water partition coefficient (Wildman–Crippen LogP) is 3.15. The molecule has 2 nitrogen and oxygen atoms in total. The van der Waals surface area contributed by atoms with Gasteiger partial charge in [0.05, 0.1) is 12.2 Å². The highest BCUT2D eigenvalue weighted by molar-refractivity contribution is 6.29. The standard InChI is InChI=1S/C12H13ClN2/c1-2-11-8-12(13)15(14-11)9-10-6-4-3-5-7-10/h3-8H,2,9H2,1H3. The monoisotopic (exact) mass is 220 g/mol. The van der Waals surface area contributed by atoms with Gasteiger partial charge in [0.1, 0.15) is 5.15 Å². The predicted molar refractivity (Wildman–Crippen MR) is 62.2 cm³/mol. The Morgan fingerprint density at radius 2 is 2.00 bits per heavy atom. The molecule has 0 unspecified atom stereocenters. The van der Waals surface area contributed by atoms with E-state index in [-0.39, 0.29) is 0 Å². The second kappa shape index (κ2) is 4.49.